The number of nitrogens with zero attached hydrogens (tertiary/aromatic N) is 1. The zero-order chi connectivity index (χ0) is 13.2. The number of anilines is 1. The SMILES string of the molecule is CCOC(=O)c1coc(NCCCCCSC)n1. The molecule has 0 fully saturated rings. The number of hydrogen-bond acceptors (Lipinski definition) is 6. The van der Waals surface area contributed by atoms with Crippen molar-refractivity contribution in [3.63, 3.8) is 0 Å². The van der Waals surface area contributed by atoms with E-state index in [9.17, 15) is 4.79 Å². The van der Waals surface area contributed by atoms with Crippen LogP contribution in [-0.2, 0) is 4.74 Å². The molecular weight excluding hydrogens is 252 g/mol. The summed E-state index contributed by atoms with van der Waals surface area (Å²) >= 11 is 1.86. The van der Waals surface area contributed by atoms with E-state index < -0.39 is 5.97 Å². The van der Waals surface area contributed by atoms with Gasteiger partial charge in [0.25, 0.3) is 6.01 Å². The lowest BCUT2D eigenvalue weighted by Crippen LogP contribution is -2.06. The maximum atomic E-state index is 11.3. The average Bonchev–Trinajstić information content (AvgIpc) is 2.83. The molecule has 5 nitrogen and oxygen atoms in total. The molecular formula is C12H20N2O3S. The Kier molecular flexibility index (Phi) is 7.32. The smallest absolute Gasteiger partial charge is 0.360 e. The monoisotopic (exact) mass is 272 g/mol. The summed E-state index contributed by atoms with van der Waals surface area (Å²) in [7, 11) is 0. The standard InChI is InChI=1S/C12H20N2O3S/c1-3-16-11(15)10-9-17-12(14-10)13-7-5-4-6-8-18-2/h9H,3-8H2,1-2H3,(H,13,14). The first-order valence-corrected chi connectivity index (χ1v) is 7.52. The maximum absolute atomic E-state index is 11.3. The zero-order valence-corrected chi connectivity index (χ0v) is 11.7. The summed E-state index contributed by atoms with van der Waals surface area (Å²) in [5, 5.41) is 3.05. The van der Waals surface area contributed by atoms with Gasteiger partial charge in [-0.2, -0.15) is 16.7 Å². The van der Waals surface area contributed by atoms with Crippen molar-refractivity contribution in [3.8, 4) is 0 Å². The molecule has 0 aliphatic carbocycles. The molecule has 102 valence electrons. The minimum atomic E-state index is -0.450. The number of oxazole rings is 1. The fourth-order valence-corrected chi connectivity index (χ4v) is 1.89. The molecule has 0 bridgehead atoms. The Morgan fingerprint density at radius 1 is 1.50 bits per heavy atom. The van der Waals surface area contributed by atoms with Gasteiger partial charge in [-0.3, -0.25) is 0 Å². The van der Waals surface area contributed by atoms with Gasteiger partial charge < -0.3 is 14.5 Å². The molecule has 1 aromatic rings. The molecule has 0 aromatic carbocycles. The highest BCUT2D eigenvalue weighted by Crippen LogP contribution is 2.09. The van der Waals surface area contributed by atoms with Crippen LogP contribution in [0.15, 0.2) is 10.7 Å². The van der Waals surface area contributed by atoms with Crippen LogP contribution in [0.3, 0.4) is 0 Å². The number of unbranched alkanes of at least 4 members (excludes halogenated alkanes) is 2. The van der Waals surface area contributed by atoms with Gasteiger partial charge in [0.05, 0.1) is 6.61 Å². The third kappa shape index (κ3) is 5.44. The van der Waals surface area contributed by atoms with Gasteiger partial charge in [-0.05, 0) is 31.8 Å². The first-order valence-electron chi connectivity index (χ1n) is 6.13. The number of carbonyl (C=O) groups is 1. The molecule has 1 rings (SSSR count). The number of nitrogens with one attached hydrogen (secondary N) is 1. The molecule has 0 saturated heterocycles. The van der Waals surface area contributed by atoms with Crippen molar-refractivity contribution in [1.29, 1.82) is 0 Å². The first kappa shape index (κ1) is 14.9. The van der Waals surface area contributed by atoms with E-state index in [-0.39, 0.29) is 5.69 Å². The van der Waals surface area contributed by atoms with Crippen molar-refractivity contribution in [2.45, 2.75) is 26.2 Å². The summed E-state index contributed by atoms with van der Waals surface area (Å²) in [6.45, 7) is 2.90. The number of rotatable bonds is 9. The second kappa shape index (κ2) is 8.85. The molecule has 1 aromatic heterocycles. The maximum Gasteiger partial charge on any atom is 0.360 e. The van der Waals surface area contributed by atoms with Crippen LogP contribution in [-0.4, -0.2) is 36.1 Å². The van der Waals surface area contributed by atoms with Gasteiger partial charge in [0, 0.05) is 6.54 Å². The summed E-state index contributed by atoms with van der Waals surface area (Å²) in [6, 6.07) is 0.378. The number of hydrogen-bond donors (Lipinski definition) is 1. The minimum Gasteiger partial charge on any atom is -0.461 e. The van der Waals surface area contributed by atoms with Crippen LogP contribution in [0.4, 0.5) is 6.01 Å². The Hall–Kier alpha value is -1.17. The van der Waals surface area contributed by atoms with Crippen molar-refractivity contribution in [3.05, 3.63) is 12.0 Å². The lowest BCUT2D eigenvalue weighted by molar-refractivity contribution is 0.0519. The van der Waals surface area contributed by atoms with Gasteiger partial charge in [0.1, 0.15) is 6.26 Å². The highest BCUT2D eigenvalue weighted by atomic mass is 32.2. The molecule has 0 spiro atoms. The molecule has 1 N–H and O–H groups in total. The van der Waals surface area contributed by atoms with Crippen LogP contribution >= 0.6 is 11.8 Å². The van der Waals surface area contributed by atoms with Crippen LogP contribution < -0.4 is 5.32 Å². The molecule has 0 radical (unpaired) electrons. The molecule has 0 atom stereocenters. The van der Waals surface area contributed by atoms with Crippen molar-refractivity contribution in [1.82, 2.24) is 4.98 Å². The number of ether oxygens (including phenoxy) is 1. The van der Waals surface area contributed by atoms with Gasteiger partial charge >= 0.3 is 5.97 Å². The zero-order valence-electron chi connectivity index (χ0n) is 10.9. The van der Waals surface area contributed by atoms with Gasteiger partial charge in [-0.1, -0.05) is 6.42 Å². The summed E-state index contributed by atoms with van der Waals surface area (Å²) < 4.78 is 9.95. The van der Waals surface area contributed by atoms with Crippen LogP contribution in [0.5, 0.6) is 0 Å². The number of aromatic nitrogens is 1. The Morgan fingerprint density at radius 2 is 2.33 bits per heavy atom. The third-order valence-corrected chi connectivity index (χ3v) is 2.99. The summed E-state index contributed by atoms with van der Waals surface area (Å²) in [5.74, 6) is 0.751. The molecule has 0 amide bonds. The predicted molar refractivity (Wildman–Crippen MR) is 73.2 cm³/mol. The first-order chi connectivity index (χ1) is 8.77. The Morgan fingerprint density at radius 3 is 3.06 bits per heavy atom. The van der Waals surface area contributed by atoms with Gasteiger partial charge in [-0.25, -0.2) is 4.79 Å². The van der Waals surface area contributed by atoms with Crippen molar-refractivity contribution in [2.75, 3.05) is 30.5 Å². The average molecular weight is 272 g/mol. The highest BCUT2D eigenvalue weighted by molar-refractivity contribution is 7.98. The molecule has 0 aliphatic rings. The Bertz CT molecular complexity index is 355. The highest BCUT2D eigenvalue weighted by Gasteiger charge is 2.12. The van der Waals surface area contributed by atoms with Crippen molar-refractivity contribution in [2.24, 2.45) is 0 Å². The van der Waals surface area contributed by atoms with E-state index in [0.717, 1.165) is 13.0 Å². The lowest BCUT2D eigenvalue weighted by Gasteiger charge is -2.01. The number of carbonyl (C=O) groups excluding carboxylic acids is 1. The van der Waals surface area contributed by atoms with E-state index in [2.05, 4.69) is 16.6 Å². The molecule has 18 heavy (non-hydrogen) atoms. The van der Waals surface area contributed by atoms with Crippen LogP contribution in [0.25, 0.3) is 0 Å². The quantitative estimate of drug-likeness (QED) is 0.551. The molecule has 0 unspecified atom stereocenters. The van der Waals surface area contributed by atoms with E-state index in [1.54, 1.807) is 6.92 Å². The van der Waals surface area contributed by atoms with Gasteiger partial charge in [0.15, 0.2) is 5.69 Å². The summed E-state index contributed by atoms with van der Waals surface area (Å²) in [6.07, 6.45) is 6.90. The fraction of sp³-hybridized carbons (Fsp3) is 0.667. The normalized spacial score (nSPS) is 10.3. The number of thioether (sulfide) groups is 1. The van der Waals surface area contributed by atoms with Gasteiger partial charge in [-0.15, -0.1) is 0 Å². The lowest BCUT2D eigenvalue weighted by atomic mass is 10.2. The molecule has 1 heterocycles. The van der Waals surface area contributed by atoms with E-state index >= 15 is 0 Å². The Labute approximate surface area is 112 Å². The fourth-order valence-electron chi connectivity index (χ4n) is 1.40. The summed E-state index contributed by atoms with van der Waals surface area (Å²) in [4.78, 5) is 15.3. The van der Waals surface area contributed by atoms with Crippen molar-refractivity contribution >= 4 is 23.7 Å². The largest absolute Gasteiger partial charge is 0.461 e. The van der Waals surface area contributed by atoms with Crippen LogP contribution in [0.1, 0.15) is 36.7 Å². The van der Waals surface area contributed by atoms with E-state index in [0.29, 0.717) is 12.6 Å². The van der Waals surface area contributed by atoms with E-state index in [1.807, 2.05) is 11.8 Å². The van der Waals surface area contributed by atoms with Crippen LogP contribution in [0.2, 0.25) is 0 Å². The Balaban J connectivity index is 2.21. The second-order valence-corrected chi connectivity index (χ2v) is 4.72. The number of esters is 1. The molecule has 0 saturated carbocycles. The van der Waals surface area contributed by atoms with Crippen molar-refractivity contribution < 1.29 is 13.9 Å². The summed E-state index contributed by atoms with van der Waals surface area (Å²) in [5.41, 5.74) is 0.210. The van der Waals surface area contributed by atoms with Gasteiger partial charge in [0.2, 0.25) is 0 Å². The molecule has 0 aliphatic heterocycles. The molecule has 6 heteroatoms. The minimum absolute atomic E-state index is 0.210. The topological polar surface area (TPSA) is 64.4 Å². The third-order valence-electron chi connectivity index (χ3n) is 2.29. The van der Waals surface area contributed by atoms with E-state index in [4.69, 9.17) is 9.15 Å². The van der Waals surface area contributed by atoms with Crippen LogP contribution in [0, 0.1) is 0 Å². The predicted octanol–water partition coefficient (Wildman–Crippen LogP) is 2.80. The second-order valence-electron chi connectivity index (χ2n) is 3.74. The van der Waals surface area contributed by atoms with E-state index in [1.165, 1.54) is 24.9 Å².